The predicted molar refractivity (Wildman–Crippen MR) is 133 cm³/mol. The lowest BCUT2D eigenvalue weighted by atomic mass is 9.88. The van der Waals surface area contributed by atoms with Crippen molar-refractivity contribution in [2.24, 2.45) is 5.92 Å². The summed E-state index contributed by atoms with van der Waals surface area (Å²) in [7, 11) is -3.73. The summed E-state index contributed by atoms with van der Waals surface area (Å²) in [5.74, 6) is -0.0592. The maximum absolute atomic E-state index is 12.9. The number of nitrogens with one attached hydrogen (secondary N) is 1. The molecule has 1 fully saturated rings. The number of aryl methyl sites for hydroxylation is 2. The van der Waals surface area contributed by atoms with Crippen molar-refractivity contribution in [3.8, 4) is 0 Å². The smallest absolute Gasteiger partial charge is 0.262 e. The number of amides is 1. The minimum Gasteiger partial charge on any atom is -0.339 e. The van der Waals surface area contributed by atoms with E-state index in [1.54, 1.807) is 48.2 Å². The molecule has 3 aromatic rings. The lowest BCUT2D eigenvalue weighted by Gasteiger charge is -2.31. The third kappa shape index (κ3) is 5.20. The molecule has 0 aromatic heterocycles. The first-order chi connectivity index (χ1) is 16.2. The highest BCUT2D eigenvalue weighted by molar-refractivity contribution is 7.92. The lowest BCUT2D eigenvalue weighted by molar-refractivity contribution is 0.0650. The van der Waals surface area contributed by atoms with Crippen molar-refractivity contribution in [1.82, 2.24) is 4.90 Å². The van der Waals surface area contributed by atoms with Crippen molar-refractivity contribution >= 4 is 27.4 Å². The van der Waals surface area contributed by atoms with Crippen molar-refractivity contribution in [2.75, 3.05) is 17.8 Å². The van der Waals surface area contributed by atoms with Crippen LogP contribution in [0.4, 0.5) is 5.69 Å². The summed E-state index contributed by atoms with van der Waals surface area (Å²) < 4.78 is 28.2. The number of rotatable bonds is 6. The molecule has 1 N–H and O–H groups in total. The van der Waals surface area contributed by atoms with Crippen molar-refractivity contribution in [2.45, 2.75) is 31.6 Å². The Bertz CT molecular complexity index is 1290. The second-order valence-electron chi connectivity index (χ2n) is 8.75. The quantitative estimate of drug-likeness (QED) is 0.516. The van der Waals surface area contributed by atoms with Crippen LogP contribution in [0.3, 0.4) is 0 Å². The normalized spacial score (nSPS) is 14.6. The summed E-state index contributed by atoms with van der Waals surface area (Å²) in [5, 5.41) is 0. The Kier molecular flexibility index (Phi) is 6.84. The first-order valence-corrected chi connectivity index (χ1v) is 12.8. The van der Waals surface area contributed by atoms with Crippen molar-refractivity contribution in [3.05, 3.63) is 95.1 Å². The molecule has 4 rings (SSSR count). The summed E-state index contributed by atoms with van der Waals surface area (Å²) >= 11 is 0. The molecular formula is C27H28N2O4S. The number of carbonyl (C=O) groups excluding carboxylic acids is 2. The molecule has 34 heavy (non-hydrogen) atoms. The number of benzene rings is 3. The molecule has 1 aliphatic rings. The molecule has 1 aliphatic heterocycles. The van der Waals surface area contributed by atoms with Gasteiger partial charge in [-0.3, -0.25) is 14.3 Å². The molecular weight excluding hydrogens is 448 g/mol. The van der Waals surface area contributed by atoms with Gasteiger partial charge in [0, 0.05) is 35.8 Å². The van der Waals surface area contributed by atoms with Crippen molar-refractivity contribution in [3.63, 3.8) is 0 Å². The molecule has 0 spiro atoms. The van der Waals surface area contributed by atoms with E-state index in [2.05, 4.69) is 4.72 Å². The number of anilines is 1. The van der Waals surface area contributed by atoms with E-state index in [-0.39, 0.29) is 22.5 Å². The van der Waals surface area contributed by atoms with Crippen LogP contribution in [0, 0.1) is 19.8 Å². The lowest BCUT2D eigenvalue weighted by Crippen LogP contribution is -2.40. The summed E-state index contributed by atoms with van der Waals surface area (Å²) in [6, 6.07) is 21.0. The Hall–Kier alpha value is -3.45. The van der Waals surface area contributed by atoms with Crippen LogP contribution in [0.25, 0.3) is 0 Å². The van der Waals surface area contributed by atoms with E-state index < -0.39 is 10.0 Å². The highest BCUT2D eigenvalue weighted by Gasteiger charge is 2.28. The van der Waals surface area contributed by atoms with E-state index in [1.165, 1.54) is 0 Å². The highest BCUT2D eigenvalue weighted by atomic mass is 32.2. The SMILES string of the molecule is Cc1ccc(C)c(S(=O)(=O)Nc2ccc(C(=O)N3CCC(C(=O)c4ccccc4)CC3)cc2)c1. The summed E-state index contributed by atoms with van der Waals surface area (Å²) in [6.45, 7) is 4.64. The average molecular weight is 477 g/mol. The van der Waals surface area contributed by atoms with Gasteiger partial charge in [0.25, 0.3) is 15.9 Å². The van der Waals surface area contributed by atoms with Crippen LogP contribution >= 0.6 is 0 Å². The number of ketones is 1. The maximum Gasteiger partial charge on any atom is 0.262 e. The minimum absolute atomic E-state index is 0.0756. The van der Waals surface area contributed by atoms with Crippen LogP contribution in [0.15, 0.2) is 77.7 Å². The molecule has 7 heteroatoms. The second-order valence-corrected chi connectivity index (χ2v) is 10.4. The number of piperidine rings is 1. The largest absolute Gasteiger partial charge is 0.339 e. The fourth-order valence-electron chi connectivity index (χ4n) is 4.25. The number of likely N-dealkylation sites (tertiary alicyclic amines) is 1. The third-order valence-corrected chi connectivity index (χ3v) is 7.75. The average Bonchev–Trinajstić information content (AvgIpc) is 2.85. The van der Waals surface area contributed by atoms with Gasteiger partial charge in [-0.05, 0) is 68.1 Å². The molecule has 0 atom stereocenters. The number of hydrogen-bond donors (Lipinski definition) is 1. The van der Waals surface area contributed by atoms with Crippen LogP contribution in [0.1, 0.15) is 44.7 Å². The molecule has 0 radical (unpaired) electrons. The molecule has 0 saturated carbocycles. The van der Waals surface area contributed by atoms with Crippen LogP contribution in [-0.2, 0) is 10.0 Å². The fraction of sp³-hybridized carbons (Fsp3) is 0.259. The fourth-order valence-corrected chi connectivity index (χ4v) is 5.64. The first kappa shape index (κ1) is 23.7. The van der Waals surface area contributed by atoms with E-state index in [9.17, 15) is 18.0 Å². The van der Waals surface area contributed by atoms with Crippen LogP contribution in [-0.4, -0.2) is 38.1 Å². The standard InChI is InChI=1S/C27H28N2O4S/c1-19-8-9-20(2)25(18-19)34(32,33)28-24-12-10-23(11-13-24)27(31)29-16-14-22(15-17-29)26(30)21-6-4-3-5-7-21/h3-13,18,22,28H,14-17H2,1-2H3. The molecule has 0 unspecified atom stereocenters. The zero-order chi connectivity index (χ0) is 24.3. The third-order valence-electron chi connectivity index (χ3n) is 6.23. The Morgan fingerprint density at radius 2 is 1.50 bits per heavy atom. The summed E-state index contributed by atoms with van der Waals surface area (Å²) in [4.78, 5) is 27.6. The maximum atomic E-state index is 12.9. The molecule has 1 heterocycles. The second kappa shape index (κ2) is 9.81. The predicted octanol–water partition coefficient (Wildman–Crippen LogP) is 4.84. The van der Waals surface area contributed by atoms with E-state index in [0.29, 0.717) is 48.3 Å². The van der Waals surface area contributed by atoms with E-state index in [4.69, 9.17) is 0 Å². The number of nitrogens with zero attached hydrogens (tertiary/aromatic N) is 1. The minimum atomic E-state index is -3.73. The van der Waals surface area contributed by atoms with Crippen molar-refractivity contribution < 1.29 is 18.0 Å². The molecule has 176 valence electrons. The number of hydrogen-bond acceptors (Lipinski definition) is 4. The van der Waals surface area contributed by atoms with Gasteiger partial charge in [-0.1, -0.05) is 42.5 Å². The Morgan fingerprint density at radius 3 is 2.15 bits per heavy atom. The van der Waals surface area contributed by atoms with Crippen LogP contribution in [0.5, 0.6) is 0 Å². The van der Waals surface area contributed by atoms with Gasteiger partial charge in [0.1, 0.15) is 0 Å². The van der Waals surface area contributed by atoms with Gasteiger partial charge in [-0.25, -0.2) is 8.42 Å². The molecule has 6 nitrogen and oxygen atoms in total. The zero-order valence-corrected chi connectivity index (χ0v) is 20.1. The van der Waals surface area contributed by atoms with Crippen LogP contribution in [0.2, 0.25) is 0 Å². The number of Topliss-reactive ketones (excluding diaryl/α,β-unsaturated/α-hetero) is 1. The molecule has 3 aromatic carbocycles. The van der Waals surface area contributed by atoms with Gasteiger partial charge >= 0.3 is 0 Å². The molecule has 1 amide bonds. The zero-order valence-electron chi connectivity index (χ0n) is 19.3. The van der Waals surface area contributed by atoms with Gasteiger partial charge < -0.3 is 4.90 Å². The molecule has 0 bridgehead atoms. The van der Waals surface area contributed by atoms with Gasteiger partial charge in [0.2, 0.25) is 0 Å². The van der Waals surface area contributed by atoms with Crippen LogP contribution < -0.4 is 4.72 Å². The van der Waals surface area contributed by atoms with E-state index in [1.807, 2.05) is 43.3 Å². The van der Waals surface area contributed by atoms with Crippen molar-refractivity contribution in [1.29, 1.82) is 0 Å². The Labute approximate surface area is 200 Å². The van der Waals surface area contributed by atoms with E-state index >= 15 is 0 Å². The highest BCUT2D eigenvalue weighted by Crippen LogP contribution is 2.24. The Morgan fingerprint density at radius 1 is 0.853 bits per heavy atom. The first-order valence-electron chi connectivity index (χ1n) is 11.3. The van der Waals surface area contributed by atoms with Gasteiger partial charge in [0.05, 0.1) is 4.90 Å². The summed E-state index contributed by atoms with van der Waals surface area (Å²) in [5.41, 5.74) is 3.12. The van der Waals surface area contributed by atoms with Gasteiger partial charge in [-0.2, -0.15) is 0 Å². The van der Waals surface area contributed by atoms with Gasteiger partial charge in [0.15, 0.2) is 5.78 Å². The monoisotopic (exact) mass is 476 g/mol. The number of sulfonamides is 1. The summed E-state index contributed by atoms with van der Waals surface area (Å²) in [6.07, 6.45) is 1.26. The topological polar surface area (TPSA) is 83.6 Å². The van der Waals surface area contributed by atoms with E-state index in [0.717, 1.165) is 5.56 Å². The molecule has 1 saturated heterocycles. The number of carbonyl (C=O) groups is 2. The molecule has 0 aliphatic carbocycles. The Balaban J connectivity index is 1.38. The van der Waals surface area contributed by atoms with Gasteiger partial charge in [-0.15, -0.1) is 0 Å².